The molecule has 1 rings (SSSR count). The molecule has 0 saturated carbocycles. The minimum absolute atomic E-state index is 0.0158. The Kier molecular flexibility index (Phi) is 6.28. The molecule has 0 aromatic rings. The number of rotatable bonds is 7. The molecule has 2 amide bonds. The van der Waals surface area contributed by atoms with E-state index in [1.807, 2.05) is 6.92 Å². The lowest BCUT2D eigenvalue weighted by molar-refractivity contribution is -0.149. The van der Waals surface area contributed by atoms with Gasteiger partial charge in [-0.3, -0.25) is 9.59 Å². The molecule has 0 aromatic heterocycles. The molecule has 1 saturated heterocycles. The van der Waals surface area contributed by atoms with E-state index in [1.165, 1.54) is 0 Å². The van der Waals surface area contributed by atoms with Crippen molar-refractivity contribution in [2.24, 2.45) is 5.92 Å². The van der Waals surface area contributed by atoms with Crippen LogP contribution in [0.25, 0.3) is 0 Å². The molecule has 1 aliphatic rings. The molecule has 0 radical (unpaired) electrons. The number of nitrogens with zero attached hydrogens (tertiary/aromatic N) is 1. The van der Waals surface area contributed by atoms with E-state index in [2.05, 4.69) is 19.2 Å². The summed E-state index contributed by atoms with van der Waals surface area (Å²) >= 11 is 0. The molecule has 2 unspecified atom stereocenters. The number of hydrogen-bond donors (Lipinski definition) is 1. The topological polar surface area (TPSA) is 58.6 Å². The fourth-order valence-electron chi connectivity index (χ4n) is 2.16. The minimum atomic E-state index is -0.400. The predicted molar refractivity (Wildman–Crippen MR) is 73.7 cm³/mol. The zero-order chi connectivity index (χ0) is 14.4. The summed E-state index contributed by atoms with van der Waals surface area (Å²) < 4.78 is 5.50. The summed E-state index contributed by atoms with van der Waals surface area (Å²) in [6.45, 7) is 9.59. The molecule has 19 heavy (non-hydrogen) atoms. The standard InChI is InChI=1S/C14H26N2O3/c1-5-6-12-14(18)16(11(4)13(17)15-12)7-8-19-9-10(2)3/h10-12H,5-9H2,1-4H3,(H,15,17). The Hall–Kier alpha value is -1.10. The summed E-state index contributed by atoms with van der Waals surface area (Å²) in [6.07, 6.45) is 1.57. The van der Waals surface area contributed by atoms with Crippen LogP contribution in [-0.2, 0) is 14.3 Å². The molecule has 0 spiro atoms. The number of hydrogen-bond acceptors (Lipinski definition) is 3. The largest absolute Gasteiger partial charge is 0.379 e. The summed E-state index contributed by atoms with van der Waals surface area (Å²) in [4.78, 5) is 25.7. The third kappa shape index (κ3) is 4.49. The lowest BCUT2D eigenvalue weighted by Crippen LogP contribution is -2.62. The zero-order valence-corrected chi connectivity index (χ0v) is 12.4. The van der Waals surface area contributed by atoms with E-state index in [1.54, 1.807) is 11.8 Å². The van der Waals surface area contributed by atoms with Crippen molar-refractivity contribution < 1.29 is 14.3 Å². The van der Waals surface area contributed by atoms with Gasteiger partial charge in [-0.1, -0.05) is 27.2 Å². The average molecular weight is 270 g/mol. The van der Waals surface area contributed by atoms with Gasteiger partial charge in [-0.2, -0.15) is 0 Å². The van der Waals surface area contributed by atoms with Gasteiger partial charge in [-0.15, -0.1) is 0 Å². The van der Waals surface area contributed by atoms with E-state index in [4.69, 9.17) is 4.74 Å². The van der Waals surface area contributed by atoms with E-state index < -0.39 is 6.04 Å². The number of nitrogens with one attached hydrogen (secondary N) is 1. The first-order valence-corrected chi connectivity index (χ1v) is 7.16. The van der Waals surface area contributed by atoms with Crippen LogP contribution in [0.3, 0.4) is 0 Å². The molecule has 2 atom stereocenters. The van der Waals surface area contributed by atoms with Crippen LogP contribution >= 0.6 is 0 Å². The monoisotopic (exact) mass is 270 g/mol. The van der Waals surface area contributed by atoms with Crippen molar-refractivity contribution in [3.05, 3.63) is 0 Å². The van der Waals surface area contributed by atoms with Gasteiger partial charge in [0, 0.05) is 13.2 Å². The van der Waals surface area contributed by atoms with Crippen molar-refractivity contribution >= 4 is 11.8 Å². The molecule has 1 N–H and O–H groups in total. The van der Waals surface area contributed by atoms with E-state index >= 15 is 0 Å². The fourth-order valence-corrected chi connectivity index (χ4v) is 2.16. The zero-order valence-electron chi connectivity index (χ0n) is 12.4. The SMILES string of the molecule is CCCC1NC(=O)C(C)N(CCOCC(C)C)C1=O. The molecule has 0 aliphatic carbocycles. The summed E-state index contributed by atoms with van der Waals surface area (Å²) in [7, 11) is 0. The van der Waals surface area contributed by atoms with Crippen LogP contribution in [0, 0.1) is 5.92 Å². The smallest absolute Gasteiger partial charge is 0.245 e. The van der Waals surface area contributed by atoms with Gasteiger partial charge in [0.1, 0.15) is 12.1 Å². The van der Waals surface area contributed by atoms with Crippen molar-refractivity contribution in [2.45, 2.75) is 52.6 Å². The normalized spacial score (nSPS) is 23.9. The van der Waals surface area contributed by atoms with Gasteiger partial charge < -0.3 is 15.0 Å². The Bertz CT molecular complexity index is 318. The maximum absolute atomic E-state index is 12.3. The highest BCUT2D eigenvalue weighted by atomic mass is 16.5. The Morgan fingerprint density at radius 1 is 1.37 bits per heavy atom. The lowest BCUT2D eigenvalue weighted by atomic mass is 10.0. The van der Waals surface area contributed by atoms with E-state index in [9.17, 15) is 9.59 Å². The van der Waals surface area contributed by atoms with Crippen LogP contribution < -0.4 is 5.32 Å². The number of piperazine rings is 1. The summed E-state index contributed by atoms with van der Waals surface area (Å²) in [6, 6.07) is -0.762. The number of ether oxygens (including phenoxy) is 1. The second-order valence-electron chi connectivity index (χ2n) is 5.53. The van der Waals surface area contributed by atoms with Crippen LogP contribution in [0.15, 0.2) is 0 Å². The first-order chi connectivity index (χ1) is 8.97. The number of carbonyl (C=O) groups excluding carboxylic acids is 2. The summed E-state index contributed by atoms with van der Waals surface area (Å²) in [5, 5.41) is 2.78. The molecule has 5 nitrogen and oxygen atoms in total. The maximum Gasteiger partial charge on any atom is 0.245 e. The van der Waals surface area contributed by atoms with Gasteiger partial charge in [0.25, 0.3) is 0 Å². The van der Waals surface area contributed by atoms with Crippen LogP contribution in [0.4, 0.5) is 0 Å². The first kappa shape index (κ1) is 16.0. The molecule has 5 heteroatoms. The molecule has 0 aromatic carbocycles. The number of amides is 2. The number of carbonyl (C=O) groups is 2. The van der Waals surface area contributed by atoms with Gasteiger partial charge in [0.05, 0.1) is 6.61 Å². The highest BCUT2D eigenvalue weighted by Crippen LogP contribution is 2.13. The molecular formula is C14H26N2O3. The molecular weight excluding hydrogens is 244 g/mol. The Morgan fingerprint density at radius 3 is 2.63 bits per heavy atom. The quantitative estimate of drug-likeness (QED) is 0.707. The fraction of sp³-hybridized carbons (Fsp3) is 0.857. The molecule has 110 valence electrons. The minimum Gasteiger partial charge on any atom is -0.379 e. The van der Waals surface area contributed by atoms with Crippen molar-refractivity contribution in [3.63, 3.8) is 0 Å². The van der Waals surface area contributed by atoms with Crippen LogP contribution in [0.2, 0.25) is 0 Å². The van der Waals surface area contributed by atoms with Gasteiger partial charge in [-0.25, -0.2) is 0 Å². The lowest BCUT2D eigenvalue weighted by Gasteiger charge is -2.37. The van der Waals surface area contributed by atoms with Crippen LogP contribution in [0.1, 0.15) is 40.5 Å². The second kappa shape index (κ2) is 7.48. The van der Waals surface area contributed by atoms with Crippen molar-refractivity contribution in [2.75, 3.05) is 19.8 Å². The van der Waals surface area contributed by atoms with Crippen molar-refractivity contribution in [1.82, 2.24) is 10.2 Å². The van der Waals surface area contributed by atoms with Gasteiger partial charge in [0.15, 0.2) is 0 Å². The van der Waals surface area contributed by atoms with Crippen LogP contribution in [0.5, 0.6) is 0 Å². The van der Waals surface area contributed by atoms with E-state index in [0.717, 1.165) is 6.42 Å². The van der Waals surface area contributed by atoms with Gasteiger partial charge >= 0.3 is 0 Å². The molecule has 1 heterocycles. The average Bonchev–Trinajstić information content (AvgIpc) is 2.35. The second-order valence-corrected chi connectivity index (χ2v) is 5.53. The summed E-state index contributed by atoms with van der Waals surface area (Å²) in [5.41, 5.74) is 0. The first-order valence-electron chi connectivity index (χ1n) is 7.16. The van der Waals surface area contributed by atoms with Gasteiger partial charge in [0.2, 0.25) is 11.8 Å². The third-order valence-corrected chi connectivity index (χ3v) is 3.25. The Balaban J connectivity index is 2.52. The third-order valence-electron chi connectivity index (χ3n) is 3.25. The van der Waals surface area contributed by atoms with Crippen molar-refractivity contribution in [1.29, 1.82) is 0 Å². The maximum atomic E-state index is 12.3. The Labute approximate surface area is 115 Å². The molecule has 1 aliphatic heterocycles. The molecule has 1 fully saturated rings. The highest BCUT2D eigenvalue weighted by molar-refractivity contribution is 5.96. The van der Waals surface area contributed by atoms with Crippen molar-refractivity contribution in [3.8, 4) is 0 Å². The predicted octanol–water partition coefficient (Wildman–Crippen LogP) is 1.17. The van der Waals surface area contributed by atoms with E-state index in [0.29, 0.717) is 32.1 Å². The highest BCUT2D eigenvalue weighted by Gasteiger charge is 2.37. The van der Waals surface area contributed by atoms with Gasteiger partial charge in [-0.05, 0) is 19.3 Å². The molecule has 0 bridgehead atoms. The van der Waals surface area contributed by atoms with E-state index in [-0.39, 0.29) is 17.9 Å². The van der Waals surface area contributed by atoms with Crippen LogP contribution in [-0.4, -0.2) is 48.6 Å². The summed E-state index contributed by atoms with van der Waals surface area (Å²) in [5.74, 6) is 0.426. The Morgan fingerprint density at radius 2 is 2.05 bits per heavy atom.